The summed E-state index contributed by atoms with van der Waals surface area (Å²) in [6.45, 7) is 6.22. The van der Waals surface area contributed by atoms with Gasteiger partial charge in [0.05, 0.1) is 5.56 Å². The Balaban J connectivity index is 1.89. The molecule has 4 N–H and O–H groups in total. The number of carbonyl (C=O) groups is 1. The fraction of sp³-hybridized carbons (Fsp3) is 0.571. The Morgan fingerprint density at radius 1 is 1.52 bits per heavy atom. The van der Waals surface area contributed by atoms with Gasteiger partial charge in [0.2, 0.25) is 0 Å². The molecule has 0 bridgehead atoms. The topological polar surface area (TPSA) is 83.3 Å². The fourth-order valence-electron chi connectivity index (χ4n) is 2.57. The summed E-state index contributed by atoms with van der Waals surface area (Å²) in [5, 5.41) is 2.99. The van der Waals surface area contributed by atoms with Crippen molar-refractivity contribution in [3.8, 4) is 0 Å². The van der Waals surface area contributed by atoms with E-state index in [2.05, 4.69) is 43.5 Å². The van der Waals surface area contributed by atoms with Gasteiger partial charge in [0.25, 0.3) is 5.91 Å². The van der Waals surface area contributed by atoms with Crippen molar-refractivity contribution in [1.29, 1.82) is 0 Å². The molecule has 0 aromatic carbocycles. The van der Waals surface area contributed by atoms with Gasteiger partial charge in [-0.2, -0.15) is 0 Å². The Kier molecular flexibility index (Phi) is 5.96. The van der Waals surface area contributed by atoms with Crippen molar-refractivity contribution in [2.45, 2.75) is 19.8 Å². The maximum atomic E-state index is 12.3. The highest BCUT2D eigenvalue weighted by Crippen LogP contribution is 2.19. The largest absolute Gasteiger partial charge is 0.352 e. The first kappa shape index (κ1) is 16.2. The van der Waals surface area contributed by atoms with Crippen LogP contribution in [0.4, 0.5) is 5.82 Å². The molecule has 1 aromatic heterocycles. The third-order valence-electron chi connectivity index (χ3n) is 3.94. The summed E-state index contributed by atoms with van der Waals surface area (Å²) < 4.78 is 0.753. The molecule has 21 heavy (non-hydrogen) atoms. The second kappa shape index (κ2) is 7.72. The molecule has 0 atom stereocenters. The third-order valence-corrected chi connectivity index (χ3v) is 4.37. The first-order valence-electron chi connectivity index (χ1n) is 7.26. The van der Waals surface area contributed by atoms with E-state index in [1.54, 1.807) is 12.3 Å². The highest BCUT2D eigenvalue weighted by atomic mass is 79.9. The molecule has 0 radical (unpaired) electrons. The van der Waals surface area contributed by atoms with E-state index in [1.165, 1.54) is 0 Å². The molecule has 1 fully saturated rings. The molecule has 0 saturated carbocycles. The first-order valence-corrected chi connectivity index (χ1v) is 8.06. The van der Waals surface area contributed by atoms with E-state index < -0.39 is 0 Å². The summed E-state index contributed by atoms with van der Waals surface area (Å²) in [6, 6.07) is 1.72. The van der Waals surface area contributed by atoms with E-state index in [4.69, 9.17) is 5.84 Å². The number of hydrogen-bond donors (Lipinski definition) is 3. The number of rotatable bonds is 5. The van der Waals surface area contributed by atoms with Crippen molar-refractivity contribution >= 4 is 27.7 Å². The number of aromatic nitrogens is 1. The van der Waals surface area contributed by atoms with Gasteiger partial charge in [0, 0.05) is 17.2 Å². The lowest BCUT2D eigenvalue weighted by atomic mass is 9.97. The summed E-state index contributed by atoms with van der Waals surface area (Å²) in [6.07, 6.45) is 3.87. The lowest BCUT2D eigenvalue weighted by Gasteiger charge is -2.31. The fourth-order valence-corrected chi connectivity index (χ4v) is 2.90. The van der Waals surface area contributed by atoms with Gasteiger partial charge >= 0.3 is 0 Å². The second-order valence-corrected chi connectivity index (χ2v) is 6.20. The molecule has 2 rings (SSSR count). The summed E-state index contributed by atoms with van der Waals surface area (Å²) in [5.41, 5.74) is 2.91. The maximum absolute atomic E-state index is 12.3. The van der Waals surface area contributed by atoms with Crippen LogP contribution in [0.5, 0.6) is 0 Å². The zero-order valence-corrected chi connectivity index (χ0v) is 13.8. The summed E-state index contributed by atoms with van der Waals surface area (Å²) in [7, 11) is 0. The third kappa shape index (κ3) is 4.39. The van der Waals surface area contributed by atoms with Crippen molar-refractivity contribution in [3.05, 3.63) is 22.3 Å². The number of hydrazine groups is 1. The van der Waals surface area contributed by atoms with E-state index in [-0.39, 0.29) is 5.91 Å². The normalized spacial score (nSPS) is 16.7. The molecular weight excluding hydrogens is 334 g/mol. The monoisotopic (exact) mass is 355 g/mol. The molecule has 1 saturated heterocycles. The van der Waals surface area contributed by atoms with Gasteiger partial charge < -0.3 is 15.6 Å². The quantitative estimate of drug-likeness (QED) is 0.551. The smallest absolute Gasteiger partial charge is 0.255 e. The standard InChI is InChI=1S/C14H22BrN5O/c1-2-20-5-3-10(4-6-20)8-18-14(21)12-7-11(15)9-17-13(12)19-16/h7,9-10H,2-6,8,16H2,1H3,(H,17,19)(H,18,21). The molecule has 2 heterocycles. The van der Waals surface area contributed by atoms with Crippen LogP contribution < -0.4 is 16.6 Å². The molecule has 6 nitrogen and oxygen atoms in total. The van der Waals surface area contributed by atoms with Crippen LogP contribution in [0.15, 0.2) is 16.7 Å². The zero-order chi connectivity index (χ0) is 15.2. The van der Waals surface area contributed by atoms with E-state index in [9.17, 15) is 4.79 Å². The molecule has 1 aromatic rings. The van der Waals surface area contributed by atoms with Crippen LogP contribution in [0.2, 0.25) is 0 Å². The van der Waals surface area contributed by atoms with Crippen LogP contribution in [-0.2, 0) is 0 Å². The van der Waals surface area contributed by atoms with Gasteiger partial charge in [-0.1, -0.05) is 6.92 Å². The molecule has 1 aliphatic rings. The summed E-state index contributed by atoms with van der Waals surface area (Å²) in [4.78, 5) is 18.8. The second-order valence-electron chi connectivity index (χ2n) is 5.28. The number of anilines is 1. The summed E-state index contributed by atoms with van der Waals surface area (Å²) >= 11 is 3.32. The molecule has 116 valence electrons. The molecule has 0 unspecified atom stereocenters. The van der Waals surface area contributed by atoms with Crippen molar-refractivity contribution < 1.29 is 4.79 Å². The molecule has 1 aliphatic heterocycles. The minimum Gasteiger partial charge on any atom is -0.352 e. The van der Waals surface area contributed by atoms with E-state index in [0.29, 0.717) is 23.8 Å². The predicted molar refractivity (Wildman–Crippen MR) is 86.9 cm³/mol. The minimum absolute atomic E-state index is 0.144. The Labute approximate surface area is 133 Å². The number of nitrogens with zero attached hydrogens (tertiary/aromatic N) is 2. The Morgan fingerprint density at radius 3 is 2.86 bits per heavy atom. The van der Waals surface area contributed by atoms with Crippen molar-refractivity contribution in [1.82, 2.24) is 15.2 Å². The Hall–Kier alpha value is -1.18. The number of nitrogens with one attached hydrogen (secondary N) is 2. The van der Waals surface area contributed by atoms with E-state index in [1.807, 2.05) is 0 Å². The number of nitrogens with two attached hydrogens (primary N) is 1. The number of nitrogen functional groups attached to an aromatic ring is 1. The number of pyridine rings is 1. The number of halogens is 1. The van der Waals surface area contributed by atoms with Crippen molar-refractivity contribution in [2.75, 3.05) is 31.6 Å². The van der Waals surface area contributed by atoms with Crippen LogP contribution in [0.25, 0.3) is 0 Å². The lowest BCUT2D eigenvalue weighted by Crippen LogP contribution is -2.38. The van der Waals surface area contributed by atoms with Crippen LogP contribution >= 0.6 is 15.9 Å². The molecule has 0 aliphatic carbocycles. The SMILES string of the molecule is CCN1CCC(CNC(=O)c2cc(Br)cnc2NN)CC1. The Bertz CT molecular complexity index is 488. The molecule has 7 heteroatoms. The van der Waals surface area contributed by atoms with Crippen molar-refractivity contribution in [2.24, 2.45) is 11.8 Å². The van der Waals surface area contributed by atoms with E-state index >= 15 is 0 Å². The van der Waals surface area contributed by atoms with Crippen LogP contribution in [-0.4, -0.2) is 42.0 Å². The van der Waals surface area contributed by atoms with Gasteiger partial charge in [-0.15, -0.1) is 0 Å². The van der Waals surface area contributed by atoms with Crippen LogP contribution in [0.1, 0.15) is 30.1 Å². The number of likely N-dealkylation sites (tertiary alicyclic amines) is 1. The van der Waals surface area contributed by atoms with Gasteiger partial charge in [-0.3, -0.25) is 4.79 Å². The number of amides is 1. The average molecular weight is 356 g/mol. The average Bonchev–Trinajstić information content (AvgIpc) is 2.53. The lowest BCUT2D eigenvalue weighted by molar-refractivity contribution is 0.0937. The number of carbonyl (C=O) groups excluding carboxylic acids is 1. The number of hydrogen-bond acceptors (Lipinski definition) is 5. The van der Waals surface area contributed by atoms with Gasteiger partial charge in [-0.05, 0) is 60.4 Å². The highest BCUT2D eigenvalue weighted by molar-refractivity contribution is 9.10. The molecule has 0 spiro atoms. The van der Waals surface area contributed by atoms with Crippen LogP contribution in [0, 0.1) is 5.92 Å². The molecular formula is C14H22BrN5O. The maximum Gasteiger partial charge on any atom is 0.255 e. The Morgan fingerprint density at radius 2 is 2.24 bits per heavy atom. The zero-order valence-electron chi connectivity index (χ0n) is 12.2. The van der Waals surface area contributed by atoms with Gasteiger partial charge in [0.1, 0.15) is 0 Å². The van der Waals surface area contributed by atoms with Gasteiger partial charge in [0.15, 0.2) is 5.82 Å². The summed E-state index contributed by atoms with van der Waals surface area (Å²) in [5.74, 6) is 6.18. The van der Waals surface area contributed by atoms with E-state index in [0.717, 1.165) is 36.9 Å². The van der Waals surface area contributed by atoms with Crippen molar-refractivity contribution in [3.63, 3.8) is 0 Å². The highest BCUT2D eigenvalue weighted by Gasteiger charge is 2.20. The number of piperidine rings is 1. The van der Waals surface area contributed by atoms with Gasteiger partial charge in [-0.25, -0.2) is 10.8 Å². The molecule has 1 amide bonds. The first-order chi connectivity index (χ1) is 10.1. The predicted octanol–water partition coefficient (Wildman–Crippen LogP) is 1.59. The minimum atomic E-state index is -0.144. The van der Waals surface area contributed by atoms with Crippen LogP contribution in [0.3, 0.4) is 0 Å².